The van der Waals surface area contributed by atoms with Crippen molar-refractivity contribution in [3.05, 3.63) is 29.8 Å². The maximum absolute atomic E-state index is 12.1. The van der Waals surface area contributed by atoms with Gasteiger partial charge in [-0.25, -0.2) is 13.4 Å². The van der Waals surface area contributed by atoms with Crippen molar-refractivity contribution in [3.63, 3.8) is 0 Å². The highest BCUT2D eigenvalue weighted by Crippen LogP contribution is 2.34. The van der Waals surface area contributed by atoms with E-state index in [1.807, 2.05) is 0 Å². The van der Waals surface area contributed by atoms with Crippen molar-refractivity contribution in [2.45, 2.75) is 4.90 Å². The second kappa shape index (κ2) is 4.14. The van der Waals surface area contributed by atoms with Gasteiger partial charge in [0.15, 0.2) is 16.6 Å². The molecule has 8 heteroatoms. The highest BCUT2D eigenvalue weighted by Gasteiger charge is 2.20. The molecule has 18 heavy (non-hydrogen) atoms. The predicted molar refractivity (Wildman–Crippen MR) is 65.5 cm³/mol. The molecular formula is C10H8N2O4S2. The molecule has 0 atom stereocenters. The van der Waals surface area contributed by atoms with Crippen LogP contribution in [0.15, 0.2) is 34.7 Å². The van der Waals surface area contributed by atoms with Gasteiger partial charge in [-0.2, -0.15) is 0 Å². The van der Waals surface area contributed by atoms with E-state index in [9.17, 15) is 8.42 Å². The van der Waals surface area contributed by atoms with Gasteiger partial charge in [-0.3, -0.25) is 4.72 Å². The van der Waals surface area contributed by atoms with Crippen LogP contribution in [0, 0.1) is 0 Å². The molecule has 2 heterocycles. The van der Waals surface area contributed by atoms with Gasteiger partial charge < -0.3 is 9.47 Å². The van der Waals surface area contributed by atoms with Crippen molar-refractivity contribution in [1.29, 1.82) is 0 Å². The zero-order valence-corrected chi connectivity index (χ0v) is 10.6. The van der Waals surface area contributed by atoms with Gasteiger partial charge >= 0.3 is 0 Å². The molecule has 0 saturated carbocycles. The third-order valence-corrected chi connectivity index (χ3v) is 4.46. The third-order valence-electron chi connectivity index (χ3n) is 2.31. The Hall–Kier alpha value is -1.80. The van der Waals surface area contributed by atoms with Crippen LogP contribution in [0.2, 0.25) is 0 Å². The van der Waals surface area contributed by atoms with Crippen LogP contribution in [-0.2, 0) is 10.0 Å². The van der Waals surface area contributed by atoms with Gasteiger partial charge in [-0.05, 0) is 12.1 Å². The molecule has 0 bridgehead atoms. The topological polar surface area (TPSA) is 77.5 Å². The normalized spacial score (nSPS) is 13.6. The quantitative estimate of drug-likeness (QED) is 0.927. The van der Waals surface area contributed by atoms with Gasteiger partial charge in [0.2, 0.25) is 6.79 Å². The highest BCUT2D eigenvalue weighted by molar-refractivity contribution is 7.93. The number of nitrogens with one attached hydrogen (secondary N) is 1. The third kappa shape index (κ3) is 2.00. The molecule has 2 aromatic rings. The number of benzene rings is 1. The summed E-state index contributed by atoms with van der Waals surface area (Å²) in [5.41, 5.74) is 0. The molecule has 3 rings (SSSR count). The summed E-state index contributed by atoms with van der Waals surface area (Å²) in [6.45, 7) is 0.110. The molecule has 94 valence electrons. The first-order chi connectivity index (χ1) is 8.65. The number of aromatic nitrogens is 1. The lowest BCUT2D eigenvalue weighted by Gasteiger charge is -2.05. The minimum atomic E-state index is -3.64. The average Bonchev–Trinajstić information content (AvgIpc) is 2.97. The Morgan fingerprint density at radius 3 is 2.89 bits per heavy atom. The van der Waals surface area contributed by atoms with Crippen molar-refractivity contribution in [2.75, 3.05) is 11.5 Å². The number of hydrogen-bond acceptors (Lipinski definition) is 6. The summed E-state index contributed by atoms with van der Waals surface area (Å²) in [4.78, 5) is 3.98. The second-order valence-electron chi connectivity index (χ2n) is 3.46. The fraction of sp³-hybridized carbons (Fsp3) is 0.100. The van der Waals surface area contributed by atoms with Crippen LogP contribution in [0.5, 0.6) is 11.5 Å². The zero-order valence-electron chi connectivity index (χ0n) is 8.99. The number of thiazole rings is 1. The first kappa shape index (κ1) is 11.3. The smallest absolute Gasteiger partial charge is 0.263 e. The molecule has 0 saturated heterocycles. The lowest BCUT2D eigenvalue weighted by atomic mass is 10.3. The van der Waals surface area contributed by atoms with Crippen LogP contribution in [-0.4, -0.2) is 20.2 Å². The number of fused-ring (bicyclic) bond motifs is 1. The molecule has 0 aliphatic carbocycles. The van der Waals surface area contributed by atoms with Crippen molar-refractivity contribution < 1.29 is 17.9 Å². The summed E-state index contributed by atoms with van der Waals surface area (Å²) >= 11 is 1.21. The Labute approximate surface area is 107 Å². The fourth-order valence-corrected chi connectivity index (χ4v) is 3.30. The van der Waals surface area contributed by atoms with Crippen LogP contribution >= 0.6 is 11.3 Å². The van der Waals surface area contributed by atoms with Crippen molar-refractivity contribution in [2.24, 2.45) is 0 Å². The fourth-order valence-electron chi connectivity index (χ4n) is 1.49. The minimum absolute atomic E-state index is 0.110. The van der Waals surface area contributed by atoms with Gasteiger partial charge in [0.05, 0.1) is 4.90 Å². The molecule has 0 spiro atoms. The molecular weight excluding hydrogens is 276 g/mol. The van der Waals surface area contributed by atoms with Gasteiger partial charge in [0.25, 0.3) is 10.0 Å². The number of nitrogens with zero attached hydrogens (tertiary/aromatic N) is 1. The molecule has 6 nitrogen and oxygen atoms in total. The Bertz CT molecular complexity index is 667. The molecule has 0 radical (unpaired) electrons. The molecule has 0 amide bonds. The molecule has 1 aromatic carbocycles. The summed E-state index contributed by atoms with van der Waals surface area (Å²) in [7, 11) is -3.64. The monoisotopic (exact) mass is 284 g/mol. The van der Waals surface area contributed by atoms with Crippen molar-refractivity contribution >= 4 is 26.5 Å². The van der Waals surface area contributed by atoms with Crippen LogP contribution < -0.4 is 14.2 Å². The molecule has 1 N–H and O–H groups in total. The lowest BCUT2D eigenvalue weighted by molar-refractivity contribution is 0.174. The van der Waals surface area contributed by atoms with Gasteiger partial charge in [0.1, 0.15) is 0 Å². The lowest BCUT2D eigenvalue weighted by Crippen LogP contribution is -2.12. The number of sulfonamides is 1. The summed E-state index contributed by atoms with van der Waals surface area (Å²) < 4.78 is 36.8. The highest BCUT2D eigenvalue weighted by atomic mass is 32.2. The van der Waals surface area contributed by atoms with E-state index in [0.717, 1.165) is 0 Å². The van der Waals surface area contributed by atoms with Crippen LogP contribution in [0.4, 0.5) is 5.13 Å². The summed E-state index contributed by atoms with van der Waals surface area (Å²) in [5.74, 6) is 0.972. The maximum atomic E-state index is 12.1. The van der Waals surface area contributed by atoms with Crippen molar-refractivity contribution in [3.8, 4) is 11.5 Å². The SMILES string of the molecule is O=S(=O)(Nc1nccs1)c1ccc2c(c1)OCO2. The van der Waals surface area contributed by atoms with E-state index in [0.29, 0.717) is 16.6 Å². The molecule has 1 aliphatic rings. The van der Waals surface area contributed by atoms with Crippen LogP contribution in [0.1, 0.15) is 0 Å². The predicted octanol–water partition coefficient (Wildman–Crippen LogP) is 1.67. The number of hydrogen-bond donors (Lipinski definition) is 1. The van der Waals surface area contributed by atoms with Gasteiger partial charge in [-0.15, -0.1) is 11.3 Å². The van der Waals surface area contributed by atoms with Crippen LogP contribution in [0.3, 0.4) is 0 Å². The molecule has 0 fully saturated rings. The van der Waals surface area contributed by atoms with Crippen LogP contribution in [0.25, 0.3) is 0 Å². The number of rotatable bonds is 3. The van der Waals surface area contributed by atoms with Gasteiger partial charge in [-0.1, -0.05) is 0 Å². The summed E-state index contributed by atoms with van der Waals surface area (Å²) in [5, 5.41) is 2.02. The zero-order chi connectivity index (χ0) is 12.6. The Morgan fingerprint density at radius 1 is 1.28 bits per heavy atom. The standard InChI is InChI=1S/C10H8N2O4S2/c13-18(14,12-10-11-3-4-17-10)7-1-2-8-9(5-7)16-6-15-8/h1-5H,6H2,(H,11,12). The van der Waals surface area contributed by atoms with Crippen molar-refractivity contribution in [1.82, 2.24) is 4.98 Å². The molecule has 0 unspecified atom stereocenters. The first-order valence-corrected chi connectivity index (χ1v) is 7.33. The Balaban J connectivity index is 1.94. The average molecular weight is 284 g/mol. The first-order valence-electron chi connectivity index (χ1n) is 4.97. The van der Waals surface area contributed by atoms with Gasteiger partial charge in [0, 0.05) is 17.6 Å². The summed E-state index contributed by atoms with van der Waals surface area (Å²) in [6.07, 6.45) is 1.53. The Morgan fingerprint density at radius 2 is 2.11 bits per heavy atom. The maximum Gasteiger partial charge on any atom is 0.263 e. The van der Waals surface area contributed by atoms with E-state index in [-0.39, 0.29) is 11.7 Å². The van der Waals surface area contributed by atoms with E-state index in [1.165, 1.54) is 29.7 Å². The molecule has 1 aliphatic heterocycles. The minimum Gasteiger partial charge on any atom is -0.454 e. The second-order valence-corrected chi connectivity index (χ2v) is 6.03. The Kier molecular flexibility index (Phi) is 2.60. The van der Waals surface area contributed by atoms with E-state index < -0.39 is 10.0 Å². The number of anilines is 1. The van der Waals surface area contributed by atoms with E-state index in [4.69, 9.17) is 9.47 Å². The molecule has 1 aromatic heterocycles. The number of ether oxygens (including phenoxy) is 2. The van der Waals surface area contributed by atoms with E-state index >= 15 is 0 Å². The summed E-state index contributed by atoms with van der Waals surface area (Å²) in [6, 6.07) is 4.46. The van der Waals surface area contributed by atoms with E-state index in [2.05, 4.69) is 9.71 Å². The van der Waals surface area contributed by atoms with E-state index in [1.54, 1.807) is 11.4 Å². The largest absolute Gasteiger partial charge is 0.454 e.